The van der Waals surface area contributed by atoms with Crippen LogP contribution in [-0.4, -0.2) is 18.5 Å². The second kappa shape index (κ2) is 3.41. The van der Waals surface area contributed by atoms with Crippen LogP contribution in [0.25, 0.3) is 5.57 Å². The zero-order chi connectivity index (χ0) is 10.3. The lowest BCUT2D eigenvalue weighted by molar-refractivity contribution is 0.376. The molecule has 1 aromatic rings. The predicted molar refractivity (Wildman–Crippen MR) is 63.5 cm³/mol. The van der Waals surface area contributed by atoms with E-state index in [0.29, 0.717) is 0 Å². The lowest BCUT2D eigenvalue weighted by atomic mass is 9.84. The molecule has 0 spiro atoms. The van der Waals surface area contributed by atoms with Gasteiger partial charge < -0.3 is 4.90 Å². The van der Waals surface area contributed by atoms with Crippen LogP contribution < -0.4 is 0 Å². The zero-order valence-electron chi connectivity index (χ0n) is 9.29. The normalized spacial score (nSPS) is 19.9. The average Bonchev–Trinajstić information content (AvgIpc) is 2.29. The minimum atomic E-state index is 1.22. The van der Waals surface area contributed by atoms with E-state index in [1.807, 2.05) is 0 Å². The van der Waals surface area contributed by atoms with Crippen molar-refractivity contribution in [2.75, 3.05) is 13.6 Å². The van der Waals surface area contributed by atoms with Crippen molar-refractivity contribution in [3.8, 4) is 0 Å². The van der Waals surface area contributed by atoms with Gasteiger partial charge in [0, 0.05) is 19.3 Å². The highest BCUT2D eigenvalue weighted by Gasteiger charge is 2.23. The smallest absolute Gasteiger partial charge is 0.0175 e. The van der Waals surface area contributed by atoms with Gasteiger partial charge in [-0.1, -0.05) is 24.3 Å². The summed E-state index contributed by atoms with van der Waals surface area (Å²) in [6.45, 7) is 1.24. The highest BCUT2D eigenvalue weighted by Crippen LogP contribution is 2.37. The summed E-state index contributed by atoms with van der Waals surface area (Å²) >= 11 is 0. The fraction of sp³-hybridized carbons (Fsp3) is 0.429. The van der Waals surface area contributed by atoms with Crippen LogP contribution in [0.2, 0.25) is 0 Å². The van der Waals surface area contributed by atoms with Crippen LogP contribution >= 0.6 is 0 Å². The maximum atomic E-state index is 2.45. The molecule has 0 radical (unpaired) electrons. The van der Waals surface area contributed by atoms with Gasteiger partial charge in [-0.15, -0.1) is 0 Å². The van der Waals surface area contributed by atoms with Crippen LogP contribution in [0.5, 0.6) is 0 Å². The van der Waals surface area contributed by atoms with Gasteiger partial charge in [0.1, 0.15) is 0 Å². The largest absolute Gasteiger partial charge is 0.378 e. The quantitative estimate of drug-likeness (QED) is 0.620. The molecule has 1 heteroatoms. The Morgan fingerprint density at radius 2 is 1.93 bits per heavy atom. The first kappa shape index (κ1) is 9.02. The Morgan fingerprint density at radius 1 is 1.07 bits per heavy atom. The molecule has 3 rings (SSSR count). The average molecular weight is 199 g/mol. The Labute approximate surface area is 91.4 Å². The van der Waals surface area contributed by atoms with Gasteiger partial charge in [-0.25, -0.2) is 0 Å². The first-order valence-corrected chi connectivity index (χ1v) is 5.88. The number of rotatable bonds is 0. The molecule has 0 N–H and O–H groups in total. The molecule has 1 heterocycles. The third kappa shape index (κ3) is 1.38. The fourth-order valence-electron chi connectivity index (χ4n) is 2.92. The summed E-state index contributed by atoms with van der Waals surface area (Å²) in [6, 6.07) is 8.91. The highest BCUT2D eigenvalue weighted by atomic mass is 15.1. The van der Waals surface area contributed by atoms with Gasteiger partial charge in [0.05, 0.1) is 0 Å². The van der Waals surface area contributed by atoms with Crippen molar-refractivity contribution in [2.45, 2.75) is 25.7 Å². The predicted octanol–water partition coefficient (Wildman–Crippen LogP) is 3.07. The summed E-state index contributed by atoms with van der Waals surface area (Å²) < 4.78 is 0. The van der Waals surface area contributed by atoms with Gasteiger partial charge in [-0.2, -0.15) is 0 Å². The van der Waals surface area contributed by atoms with E-state index in [1.54, 1.807) is 16.8 Å². The maximum Gasteiger partial charge on any atom is 0.0175 e. The Morgan fingerprint density at radius 3 is 2.87 bits per heavy atom. The van der Waals surface area contributed by atoms with Crippen LogP contribution in [0, 0.1) is 0 Å². The maximum absolute atomic E-state index is 2.45. The van der Waals surface area contributed by atoms with Crippen LogP contribution in [0.4, 0.5) is 0 Å². The molecule has 2 aliphatic rings. The Hall–Kier alpha value is -1.24. The third-order valence-corrected chi connectivity index (χ3v) is 3.70. The van der Waals surface area contributed by atoms with Crippen molar-refractivity contribution < 1.29 is 0 Å². The SMILES string of the molecule is CN1CCCC2=C1CCc1ccccc12. The molecule has 0 bridgehead atoms. The van der Waals surface area contributed by atoms with E-state index < -0.39 is 0 Å². The van der Waals surface area contributed by atoms with Crippen LogP contribution in [0.1, 0.15) is 30.4 Å². The Bertz CT molecular complexity index is 417. The van der Waals surface area contributed by atoms with E-state index in [1.165, 1.54) is 37.8 Å². The number of hydrogen-bond acceptors (Lipinski definition) is 1. The van der Waals surface area contributed by atoms with E-state index >= 15 is 0 Å². The van der Waals surface area contributed by atoms with Crippen molar-refractivity contribution in [3.63, 3.8) is 0 Å². The first-order valence-electron chi connectivity index (χ1n) is 5.88. The molecule has 1 aliphatic carbocycles. The molecular formula is C14H17N. The van der Waals surface area contributed by atoms with Gasteiger partial charge in [-0.3, -0.25) is 0 Å². The zero-order valence-corrected chi connectivity index (χ0v) is 9.29. The van der Waals surface area contributed by atoms with Crippen molar-refractivity contribution in [1.29, 1.82) is 0 Å². The minimum absolute atomic E-state index is 1.22. The summed E-state index contributed by atoms with van der Waals surface area (Å²) in [5.41, 5.74) is 6.28. The molecule has 15 heavy (non-hydrogen) atoms. The van der Waals surface area contributed by atoms with Crippen molar-refractivity contribution in [3.05, 3.63) is 41.1 Å². The summed E-state index contributed by atoms with van der Waals surface area (Å²) in [6.07, 6.45) is 5.04. The summed E-state index contributed by atoms with van der Waals surface area (Å²) in [5.74, 6) is 0. The highest BCUT2D eigenvalue weighted by molar-refractivity contribution is 5.73. The summed E-state index contributed by atoms with van der Waals surface area (Å²) in [4.78, 5) is 2.45. The molecule has 0 amide bonds. The first-order chi connectivity index (χ1) is 7.36. The molecule has 0 fully saturated rings. The summed E-state index contributed by atoms with van der Waals surface area (Å²) in [7, 11) is 2.24. The molecule has 1 aliphatic heterocycles. The minimum Gasteiger partial charge on any atom is -0.378 e. The number of hydrogen-bond donors (Lipinski definition) is 0. The molecule has 0 saturated carbocycles. The lowest BCUT2D eigenvalue weighted by Gasteiger charge is -2.34. The monoisotopic (exact) mass is 199 g/mol. The topological polar surface area (TPSA) is 3.24 Å². The van der Waals surface area contributed by atoms with E-state index in [2.05, 4.69) is 36.2 Å². The Balaban J connectivity index is 2.14. The number of aryl methyl sites for hydroxylation is 1. The fourth-order valence-corrected chi connectivity index (χ4v) is 2.92. The van der Waals surface area contributed by atoms with Gasteiger partial charge >= 0.3 is 0 Å². The third-order valence-electron chi connectivity index (χ3n) is 3.70. The lowest BCUT2D eigenvalue weighted by Crippen LogP contribution is -2.27. The second-order valence-corrected chi connectivity index (χ2v) is 4.61. The van der Waals surface area contributed by atoms with Crippen LogP contribution in [0.3, 0.4) is 0 Å². The Kier molecular flexibility index (Phi) is 2.05. The molecule has 1 nitrogen and oxygen atoms in total. The molecule has 0 aromatic heterocycles. The van der Waals surface area contributed by atoms with Crippen LogP contribution in [0.15, 0.2) is 30.0 Å². The molecular weight excluding hydrogens is 182 g/mol. The van der Waals surface area contributed by atoms with Gasteiger partial charge in [0.25, 0.3) is 0 Å². The van der Waals surface area contributed by atoms with Crippen molar-refractivity contribution in [1.82, 2.24) is 4.90 Å². The molecule has 78 valence electrons. The van der Waals surface area contributed by atoms with E-state index in [-0.39, 0.29) is 0 Å². The number of fused-ring (bicyclic) bond motifs is 2. The van der Waals surface area contributed by atoms with Gasteiger partial charge in [0.15, 0.2) is 0 Å². The summed E-state index contributed by atoms with van der Waals surface area (Å²) in [5, 5.41) is 0. The second-order valence-electron chi connectivity index (χ2n) is 4.61. The molecule has 1 aromatic carbocycles. The van der Waals surface area contributed by atoms with E-state index in [0.717, 1.165) is 0 Å². The van der Waals surface area contributed by atoms with Crippen molar-refractivity contribution in [2.24, 2.45) is 0 Å². The standard InChI is InChI=1S/C14H17N/c1-15-10-4-7-13-12-6-3-2-5-11(12)8-9-14(13)15/h2-3,5-6H,4,7-10H2,1H3. The number of allylic oxidation sites excluding steroid dienone is 2. The molecule has 0 atom stereocenters. The van der Waals surface area contributed by atoms with E-state index in [9.17, 15) is 0 Å². The molecule has 0 saturated heterocycles. The molecule has 0 unspecified atom stereocenters. The van der Waals surface area contributed by atoms with Crippen LogP contribution in [-0.2, 0) is 6.42 Å². The van der Waals surface area contributed by atoms with Gasteiger partial charge in [-0.05, 0) is 42.4 Å². The van der Waals surface area contributed by atoms with E-state index in [4.69, 9.17) is 0 Å². The van der Waals surface area contributed by atoms with Crippen molar-refractivity contribution >= 4 is 5.57 Å². The number of nitrogens with zero attached hydrogens (tertiary/aromatic N) is 1. The van der Waals surface area contributed by atoms with Gasteiger partial charge in [0.2, 0.25) is 0 Å². The number of benzene rings is 1.